The van der Waals surface area contributed by atoms with Crippen molar-refractivity contribution in [2.75, 3.05) is 29.9 Å². The average molecular weight is 641 g/mol. The fourth-order valence-corrected chi connectivity index (χ4v) is 6.62. The number of carbonyl (C=O) groups excluding carboxylic acids is 1. The van der Waals surface area contributed by atoms with Crippen LogP contribution in [0.25, 0.3) is 11.3 Å². The van der Waals surface area contributed by atoms with Crippen molar-refractivity contribution in [1.82, 2.24) is 10.3 Å². The highest BCUT2D eigenvalue weighted by Gasteiger charge is 2.15. The number of anilines is 2. The summed E-state index contributed by atoms with van der Waals surface area (Å²) in [5.74, 6) is -0.0896. The molecule has 7 nitrogen and oxygen atoms in total. The Labute approximate surface area is 278 Å². The molecule has 0 unspecified atom stereocenters. The molecule has 0 saturated heterocycles. The van der Waals surface area contributed by atoms with Gasteiger partial charge in [0.2, 0.25) is 5.91 Å². The van der Waals surface area contributed by atoms with Gasteiger partial charge in [0.1, 0.15) is 0 Å². The number of nitrogens with zero attached hydrogens (tertiary/aromatic N) is 2. The van der Waals surface area contributed by atoms with Gasteiger partial charge in [-0.25, -0.2) is 4.98 Å². The van der Waals surface area contributed by atoms with Gasteiger partial charge in [-0.15, -0.1) is 11.3 Å². The molecule has 0 aliphatic rings. The number of hydrogen-bond donors (Lipinski definition) is 3. The number of aliphatic carboxylic acids is 1. The molecule has 244 valence electrons. The van der Waals surface area contributed by atoms with Gasteiger partial charge < -0.3 is 15.3 Å². The van der Waals surface area contributed by atoms with Crippen molar-refractivity contribution in [3.05, 3.63) is 99.9 Å². The molecule has 0 saturated carbocycles. The van der Waals surface area contributed by atoms with Crippen molar-refractivity contribution in [2.24, 2.45) is 5.92 Å². The summed E-state index contributed by atoms with van der Waals surface area (Å²) in [5, 5.41) is 17.3. The largest absolute Gasteiger partial charge is 0.480 e. The molecule has 4 aromatic rings. The minimum absolute atomic E-state index is 0.0714. The molecule has 0 radical (unpaired) electrons. The molecule has 3 aromatic carbocycles. The van der Waals surface area contributed by atoms with Gasteiger partial charge in [0.05, 0.1) is 23.8 Å². The Bertz CT molecular complexity index is 1530. The number of hydrogen-bond acceptors (Lipinski definition) is 6. The zero-order chi connectivity index (χ0) is 32.9. The number of aromatic nitrogens is 1. The lowest BCUT2D eigenvalue weighted by molar-refractivity contribution is -0.135. The lowest BCUT2D eigenvalue weighted by Gasteiger charge is -2.28. The van der Waals surface area contributed by atoms with E-state index in [9.17, 15) is 9.59 Å². The van der Waals surface area contributed by atoms with Crippen LogP contribution in [0.2, 0.25) is 0 Å². The van der Waals surface area contributed by atoms with E-state index in [-0.39, 0.29) is 19.0 Å². The molecule has 1 aromatic heterocycles. The topological polar surface area (TPSA) is 94.6 Å². The van der Waals surface area contributed by atoms with Crippen LogP contribution in [-0.2, 0) is 22.6 Å². The Morgan fingerprint density at radius 1 is 0.913 bits per heavy atom. The van der Waals surface area contributed by atoms with Crippen LogP contribution in [0, 0.1) is 5.92 Å². The van der Waals surface area contributed by atoms with Crippen LogP contribution >= 0.6 is 11.3 Å². The van der Waals surface area contributed by atoms with Crippen molar-refractivity contribution in [2.45, 2.75) is 72.3 Å². The first-order chi connectivity index (χ1) is 22.2. The van der Waals surface area contributed by atoms with Gasteiger partial charge >= 0.3 is 5.97 Å². The van der Waals surface area contributed by atoms with E-state index >= 15 is 0 Å². The Balaban J connectivity index is 1.41. The maximum Gasteiger partial charge on any atom is 0.317 e. The number of carboxylic acid groups (broad SMARTS) is 1. The highest BCUT2D eigenvalue weighted by Crippen LogP contribution is 2.30. The van der Waals surface area contributed by atoms with Crippen LogP contribution in [0.3, 0.4) is 0 Å². The standard InChI is InChI=1S/C38H48N4O3S/c1-5-9-29(10-6-2)30-17-19-33(20-18-30)42(24-27(3)4)25-28-13-15-31(16-14-28)35-26-46-37(41-35)21-32-11-7-8-12-34(32)40-36(43)22-39-23-38(44)45/h7-8,11-20,26-27,29,39H,5-6,9-10,21-25H2,1-4H3,(H,40,43)(H,44,45). The third-order valence-electron chi connectivity index (χ3n) is 7.96. The maximum atomic E-state index is 12.3. The lowest BCUT2D eigenvalue weighted by atomic mass is 9.90. The van der Waals surface area contributed by atoms with Gasteiger partial charge in [-0.3, -0.25) is 14.9 Å². The highest BCUT2D eigenvalue weighted by atomic mass is 32.1. The monoisotopic (exact) mass is 640 g/mol. The van der Waals surface area contributed by atoms with Crippen molar-refractivity contribution in [3.8, 4) is 11.3 Å². The molecule has 0 aliphatic carbocycles. The van der Waals surface area contributed by atoms with E-state index in [1.54, 1.807) is 11.3 Å². The number of rotatable bonds is 18. The van der Waals surface area contributed by atoms with Gasteiger partial charge in [-0.1, -0.05) is 95.1 Å². The minimum atomic E-state index is -1.00. The number of benzene rings is 3. The minimum Gasteiger partial charge on any atom is -0.480 e. The Morgan fingerprint density at radius 3 is 2.26 bits per heavy atom. The Morgan fingerprint density at radius 2 is 1.61 bits per heavy atom. The molecule has 46 heavy (non-hydrogen) atoms. The summed E-state index contributed by atoms with van der Waals surface area (Å²) in [5.41, 5.74) is 7.67. The van der Waals surface area contributed by atoms with E-state index in [1.807, 2.05) is 24.3 Å². The first kappa shape index (κ1) is 34.9. The van der Waals surface area contributed by atoms with E-state index in [1.165, 1.54) is 42.5 Å². The molecule has 0 aliphatic heterocycles. The molecule has 0 atom stereocenters. The third kappa shape index (κ3) is 10.5. The molecule has 4 rings (SSSR count). The molecule has 0 bridgehead atoms. The fourth-order valence-electron chi connectivity index (χ4n) is 5.80. The Kier molecular flexibility index (Phi) is 13.4. The third-order valence-corrected chi connectivity index (χ3v) is 8.81. The predicted molar refractivity (Wildman–Crippen MR) is 191 cm³/mol. The zero-order valence-corrected chi connectivity index (χ0v) is 28.4. The lowest BCUT2D eigenvalue weighted by Crippen LogP contribution is -2.32. The molecule has 0 fully saturated rings. The van der Waals surface area contributed by atoms with E-state index in [0.29, 0.717) is 23.9 Å². The first-order valence-corrected chi connectivity index (χ1v) is 17.3. The summed E-state index contributed by atoms with van der Waals surface area (Å²) in [6.45, 7) is 10.6. The molecule has 1 amide bonds. The average Bonchev–Trinajstić information content (AvgIpc) is 3.50. The second-order valence-corrected chi connectivity index (χ2v) is 13.3. The SMILES string of the molecule is CCCC(CCC)c1ccc(N(Cc2ccc(-c3csc(Cc4ccccc4NC(=O)CNCC(=O)O)n3)cc2)CC(C)C)cc1. The van der Waals surface area contributed by atoms with Crippen molar-refractivity contribution < 1.29 is 14.7 Å². The smallest absolute Gasteiger partial charge is 0.317 e. The van der Waals surface area contributed by atoms with Crippen LogP contribution in [0.5, 0.6) is 0 Å². The maximum absolute atomic E-state index is 12.3. The van der Waals surface area contributed by atoms with Gasteiger partial charge in [0, 0.05) is 41.8 Å². The molecule has 1 heterocycles. The predicted octanol–water partition coefficient (Wildman–Crippen LogP) is 8.36. The summed E-state index contributed by atoms with van der Waals surface area (Å²) in [4.78, 5) is 30.4. The van der Waals surface area contributed by atoms with Crippen LogP contribution in [0.15, 0.2) is 78.2 Å². The summed E-state index contributed by atoms with van der Waals surface area (Å²) >= 11 is 1.60. The van der Waals surface area contributed by atoms with Gasteiger partial charge in [0.15, 0.2) is 0 Å². The van der Waals surface area contributed by atoms with Gasteiger partial charge in [-0.2, -0.15) is 0 Å². The zero-order valence-electron chi connectivity index (χ0n) is 27.6. The first-order valence-electron chi connectivity index (χ1n) is 16.4. The van der Waals surface area contributed by atoms with E-state index in [2.05, 4.69) is 97.1 Å². The number of carbonyl (C=O) groups is 2. The van der Waals surface area contributed by atoms with Crippen molar-refractivity contribution in [3.63, 3.8) is 0 Å². The Hall–Kier alpha value is -4.01. The summed E-state index contributed by atoms with van der Waals surface area (Å²) in [6, 6.07) is 25.6. The number of thiazole rings is 1. The summed E-state index contributed by atoms with van der Waals surface area (Å²) in [7, 11) is 0. The van der Waals surface area contributed by atoms with Crippen LogP contribution in [0.4, 0.5) is 11.4 Å². The van der Waals surface area contributed by atoms with Crippen LogP contribution in [-0.4, -0.2) is 41.6 Å². The summed E-state index contributed by atoms with van der Waals surface area (Å²) < 4.78 is 0. The molecule has 8 heteroatoms. The molecule has 0 spiro atoms. The molecule has 3 N–H and O–H groups in total. The summed E-state index contributed by atoms with van der Waals surface area (Å²) in [6.07, 6.45) is 5.51. The van der Waals surface area contributed by atoms with Crippen molar-refractivity contribution >= 4 is 34.6 Å². The van der Waals surface area contributed by atoms with Crippen LogP contribution in [0.1, 0.15) is 81.0 Å². The normalized spacial score (nSPS) is 11.3. The van der Waals surface area contributed by atoms with Gasteiger partial charge in [0.25, 0.3) is 0 Å². The van der Waals surface area contributed by atoms with E-state index < -0.39 is 5.97 Å². The highest BCUT2D eigenvalue weighted by molar-refractivity contribution is 7.10. The second-order valence-electron chi connectivity index (χ2n) is 12.3. The molecular weight excluding hydrogens is 593 g/mol. The number of nitrogens with one attached hydrogen (secondary N) is 2. The van der Waals surface area contributed by atoms with E-state index in [0.717, 1.165) is 34.9 Å². The van der Waals surface area contributed by atoms with Crippen LogP contribution < -0.4 is 15.5 Å². The number of carboxylic acids is 1. The number of amides is 1. The van der Waals surface area contributed by atoms with E-state index in [4.69, 9.17) is 10.1 Å². The molecular formula is C38H48N4O3S. The quantitative estimate of drug-likeness (QED) is 0.101. The second kappa shape index (κ2) is 17.6. The number of para-hydroxylation sites is 1. The van der Waals surface area contributed by atoms with Gasteiger partial charge in [-0.05, 0) is 59.6 Å². The fraction of sp³-hybridized carbons (Fsp3) is 0.395. The van der Waals surface area contributed by atoms with Crippen molar-refractivity contribution in [1.29, 1.82) is 0 Å².